The Bertz CT molecular complexity index is 217. The molecule has 1 heterocycles. The summed E-state index contributed by atoms with van der Waals surface area (Å²) in [5.74, 6) is 6.95. The summed E-state index contributed by atoms with van der Waals surface area (Å²) in [6.45, 7) is 6.59. The Morgan fingerprint density at radius 3 is 2.73 bits per heavy atom. The van der Waals surface area contributed by atoms with Crippen LogP contribution in [-0.4, -0.2) is 5.25 Å². The van der Waals surface area contributed by atoms with Crippen LogP contribution in [0.5, 0.6) is 0 Å². The monoisotopic (exact) mass is 166 g/mol. The Labute approximate surface area is 73.5 Å². The lowest BCUT2D eigenvalue weighted by Crippen LogP contribution is -2.00. The van der Waals surface area contributed by atoms with Gasteiger partial charge in [0.2, 0.25) is 0 Å². The highest BCUT2D eigenvalue weighted by Crippen LogP contribution is 2.35. The van der Waals surface area contributed by atoms with Crippen LogP contribution < -0.4 is 0 Å². The van der Waals surface area contributed by atoms with E-state index in [1.165, 1.54) is 4.91 Å². The van der Waals surface area contributed by atoms with Crippen LogP contribution in [-0.2, 0) is 0 Å². The van der Waals surface area contributed by atoms with Gasteiger partial charge in [-0.25, -0.2) is 0 Å². The van der Waals surface area contributed by atoms with Gasteiger partial charge in [-0.3, -0.25) is 0 Å². The van der Waals surface area contributed by atoms with Crippen molar-refractivity contribution in [1.82, 2.24) is 0 Å². The van der Waals surface area contributed by atoms with Gasteiger partial charge in [-0.15, -0.1) is 11.8 Å². The first-order chi connectivity index (χ1) is 5.24. The quantitative estimate of drug-likeness (QED) is 0.498. The Balaban J connectivity index is 2.56. The zero-order valence-electron chi connectivity index (χ0n) is 7.35. The molecule has 0 nitrogen and oxygen atoms in total. The van der Waals surface area contributed by atoms with Crippen molar-refractivity contribution < 1.29 is 0 Å². The first-order valence-corrected chi connectivity index (χ1v) is 4.99. The molecule has 0 aromatic heterocycles. The van der Waals surface area contributed by atoms with E-state index in [0.29, 0.717) is 5.92 Å². The topological polar surface area (TPSA) is 0 Å². The van der Waals surface area contributed by atoms with Crippen molar-refractivity contribution >= 4 is 11.8 Å². The molecular weight excluding hydrogens is 152 g/mol. The maximum Gasteiger partial charge on any atom is 0.0539 e. The largest absolute Gasteiger partial charge is 0.114 e. The molecule has 60 valence electrons. The second-order valence-electron chi connectivity index (χ2n) is 2.87. The van der Waals surface area contributed by atoms with E-state index >= 15 is 0 Å². The highest BCUT2D eigenvalue weighted by atomic mass is 32.2. The standard InChI is InChI=1S/C10H14S/c1-4-5-6-10-7-8(2)9(3)11-10/h7-9H,4H2,1-3H3. The summed E-state index contributed by atoms with van der Waals surface area (Å²) in [4.78, 5) is 1.27. The summed E-state index contributed by atoms with van der Waals surface area (Å²) >= 11 is 1.90. The maximum atomic E-state index is 3.17. The number of thioether (sulfide) groups is 1. The SMILES string of the molecule is CCC#CC1=CC(C)C(C)S1. The highest BCUT2D eigenvalue weighted by molar-refractivity contribution is 8.04. The summed E-state index contributed by atoms with van der Waals surface area (Å²) in [6.07, 6.45) is 3.23. The lowest BCUT2D eigenvalue weighted by molar-refractivity contribution is 0.729. The predicted octanol–water partition coefficient (Wildman–Crippen LogP) is 3.06. The molecular formula is C10H14S. The zero-order chi connectivity index (χ0) is 8.27. The van der Waals surface area contributed by atoms with Gasteiger partial charge in [0.05, 0.1) is 4.91 Å². The molecule has 0 fully saturated rings. The van der Waals surface area contributed by atoms with Gasteiger partial charge in [-0.05, 0) is 5.92 Å². The molecule has 0 aromatic carbocycles. The van der Waals surface area contributed by atoms with Crippen molar-refractivity contribution in [2.24, 2.45) is 5.92 Å². The zero-order valence-corrected chi connectivity index (χ0v) is 8.16. The Kier molecular flexibility index (Phi) is 3.08. The van der Waals surface area contributed by atoms with Crippen molar-refractivity contribution in [1.29, 1.82) is 0 Å². The number of hydrogen-bond acceptors (Lipinski definition) is 1. The summed E-state index contributed by atoms with van der Waals surface area (Å²) < 4.78 is 0. The smallest absolute Gasteiger partial charge is 0.0539 e. The van der Waals surface area contributed by atoms with Gasteiger partial charge in [-0.1, -0.05) is 38.7 Å². The number of hydrogen-bond donors (Lipinski definition) is 0. The molecule has 2 atom stereocenters. The molecule has 0 amide bonds. The number of rotatable bonds is 0. The third-order valence-corrected chi connectivity index (χ3v) is 3.15. The van der Waals surface area contributed by atoms with Crippen LogP contribution in [0.1, 0.15) is 27.2 Å². The first kappa shape index (κ1) is 8.74. The van der Waals surface area contributed by atoms with Crippen LogP contribution in [0.4, 0.5) is 0 Å². The van der Waals surface area contributed by atoms with Crippen LogP contribution in [0.2, 0.25) is 0 Å². The molecule has 1 heteroatoms. The molecule has 0 aromatic rings. The third kappa shape index (κ3) is 2.31. The Morgan fingerprint density at radius 1 is 1.55 bits per heavy atom. The van der Waals surface area contributed by atoms with Gasteiger partial charge in [0.1, 0.15) is 0 Å². The van der Waals surface area contributed by atoms with Crippen LogP contribution >= 0.6 is 11.8 Å². The normalized spacial score (nSPS) is 29.2. The fourth-order valence-electron chi connectivity index (χ4n) is 0.968. The van der Waals surface area contributed by atoms with Crippen molar-refractivity contribution in [3.05, 3.63) is 11.0 Å². The molecule has 0 saturated carbocycles. The Hall–Kier alpha value is -0.350. The molecule has 0 aliphatic carbocycles. The first-order valence-electron chi connectivity index (χ1n) is 4.11. The summed E-state index contributed by atoms with van der Waals surface area (Å²) in [6, 6.07) is 0. The molecule has 11 heavy (non-hydrogen) atoms. The van der Waals surface area contributed by atoms with E-state index in [4.69, 9.17) is 0 Å². The molecule has 1 aliphatic heterocycles. The van der Waals surface area contributed by atoms with Gasteiger partial charge in [-0.2, -0.15) is 0 Å². The van der Waals surface area contributed by atoms with Gasteiger partial charge < -0.3 is 0 Å². The van der Waals surface area contributed by atoms with Crippen LogP contribution in [0.3, 0.4) is 0 Å². The van der Waals surface area contributed by atoms with E-state index in [9.17, 15) is 0 Å². The third-order valence-electron chi connectivity index (χ3n) is 1.86. The molecule has 0 radical (unpaired) electrons. The van der Waals surface area contributed by atoms with Gasteiger partial charge in [0.25, 0.3) is 0 Å². The van der Waals surface area contributed by atoms with E-state index in [2.05, 4.69) is 38.7 Å². The fraction of sp³-hybridized carbons (Fsp3) is 0.600. The van der Waals surface area contributed by atoms with Crippen molar-refractivity contribution in [3.8, 4) is 11.8 Å². The minimum absolute atomic E-state index is 0.696. The molecule has 1 rings (SSSR count). The van der Waals surface area contributed by atoms with E-state index in [-0.39, 0.29) is 0 Å². The van der Waals surface area contributed by atoms with Crippen LogP contribution in [0.15, 0.2) is 11.0 Å². The lowest BCUT2D eigenvalue weighted by atomic mass is 10.1. The molecule has 1 aliphatic rings. The average Bonchev–Trinajstić information content (AvgIpc) is 2.28. The van der Waals surface area contributed by atoms with E-state index in [0.717, 1.165) is 11.7 Å². The summed E-state index contributed by atoms with van der Waals surface area (Å²) in [5, 5.41) is 0.719. The van der Waals surface area contributed by atoms with Crippen molar-refractivity contribution in [2.75, 3.05) is 0 Å². The van der Waals surface area contributed by atoms with Crippen LogP contribution in [0.25, 0.3) is 0 Å². The summed E-state index contributed by atoms with van der Waals surface area (Å²) in [5.41, 5.74) is 0. The Morgan fingerprint density at radius 2 is 2.27 bits per heavy atom. The van der Waals surface area contributed by atoms with Crippen molar-refractivity contribution in [2.45, 2.75) is 32.4 Å². The molecule has 0 bridgehead atoms. The number of allylic oxidation sites excluding steroid dienone is 2. The van der Waals surface area contributed by atoms with Gasteiger partial charge in [0, 0.05) is 11.7 Å². The fourth-order valence-corrected chi connectivity index (χ4v) is 2.09. The molecule has 0 spiro atoms. The van der Waals surface area contributed by atoms with Gasteiger partial charge in [0.15, 0.2) is 0 Å². The maximum absolute atomic E-state index is 3.17. The summed E-state index contributed by atoms with van der Waals surface area (Å²) in [7, 11) is 0. The highest BCUT2D eigenvalue weighted by Gasteiger charge is 2.18. The van der Waals surface area contributed by atoms with E-state index in [1.54, 1.807) is 0 Å². The van der Waals surface area contributed by atoms with Crippen LogP contribution in [0, 0.1) is 17.8 Å². The second-order valence-corrected chi connectivity index (χ2v) is 4.29. The van der Waals surface area contributed by atoms with E-state index in [1.807, 2.05) is 11.8 Å². The average molecular weight is 166 g/mol. The minimum atomic E-state index is 0.696. The van der Waals surface area contributed by atoms with Crippen molar-refractivity contribution in [3.63, 3.8) is 0 Å². The predicted molar refractivity (Wildman–Crippen MR) is 52.4 cm³/mol. The minimum Gasteiger partial charge on any atom is -0.114 e. The van der Waals surface area contributed by atoms with Gasteiger partial charge >= 0.3 is 0 Å². The second kappa shape index (κ2) is 3.88. The molecule has 0 saturated heterocycles. The lowest BCUT2D eigenvalue weighted by Gasteiger charge is -2.04. The van der Waals surface area contributed by atoms with E-state index < -0.39 is 0 Å². The molecule has 2 unspecified atom stereocenters. The molecule has 0 N–H and O–H groups in total.